The molecule has 0 unspecified atom stereocenters. The Balaban J connectivity index is 2.08. The molecule has 0 saturated heterocycles. The average molecular weight is 289 g/mol. The first-order valence-corrected chi connectivity index (χ1v) is 8.06. The van der Waals surface area contributed by atoms with Gasteiger partial charge in [-0.2, -0.15) is 11.3 Å². The summed E-state index contributed by atoms with van der Waals surface area (Å²) >= 11 is 2.61. The van der Waals surface area contributed by atoms with Crippen molar-refractivity contribution in [3.05, 3.63) is 39.4 Å². The lowest BCUT2D eigenvalue weighted by Crippen LogP contribution is -2.22. The van der Waals surface area contributed by atoms with Gasteiger partial charge in [-0.1, -0.05) is 0 Å². The lowest BCUT2D eigenvalue weighted by molar-refractivity contribution is 0.285. The molecule has 0 aliphatic rings. The molecule has 2 aromatic rings. The highest BCUT2D eigenvalue weighted by atomic mass is 32.2. The van der Waals surface area contributed by atoms with Crippen LogP contribution in [0, 0.1) is 0 Å². The van der Waals surface area contributed by atoms with Gasteiger partial charge in [0.2, 0.25) is 10.0 Å². The van der Waals surface area contributed by atoms with Crippen LogP contribution in [-0.2, 0) is 23.2 Å². The van der Waals surface area contributed by atoms with Crippen molar-refractivity contribution in [1.82, 2.24) is 4.72 Å². The number of hydrogen-bond donors (Lipinski definition) is 2. The Hall–Kier alpha value is -0.730. The molecule has 0 amide bonds. The molecule has 92 valence electrons. The van der Waals surface area contributed by atoms with Gasteiger partial charge in [0.05, 0.1) is 6.61 Å². The van der Waals surface area contributed by atoms with Crippen molar-refractivity contribution in [2.45, 2.75) is 17.4 Å². The molecule has 7 heteroatoms. The van der Waals surface area contributed by atoms with Crippen LogP contribution < -0.4 is 4.72 Å². The Bertz CT molecular complexity index is 572. The number of rotatable bonds is 5. The standard InChI is InChI=1S/C10H11NO3S3/c12-6-9-1-2-10(16-9)17(13,14)11-5-8-3-4-15-7-8/h1-4,7,11-12H,5-6H2. The molecule has 0 fully saturated rings. The van der Waals surface area contributed by atoms with Gasteiger partial charge < -0.3 is 5.11 Å². The zero-order chi connectivity index (χ0) is 12.3. The van der Waals surface area contributed by atoms with Gasteiger partial charge in [-0.15, -0.1) is 11.3 Å². The number of sulfonamides is 1. The van der Waals surface area contributed by atoms with Crippen LogP contribution in [0.15, 0.2) is 33.2 Å². The highest BCUT2D eigenvalue weighted by Crippen LogP contribution is 2.21. The van der Waals surface area contributed by atoms with Gasteiger partial charge in [0.15, 0.2) is 0 Å². The monoisotopic (exact) mass is 289 g/mol. The first kappa shape index (κ1) is 12.7. The van der Waals surface area contributed by atoms with E-state index in [0.717, 1.165) is 16.9 Å². The second kappa shape index (κ2) is 5.28. The van der Waals surface area contributed by atoms with Gasteiger partial charge in [-0.05, 0) is 34.5 Å². The number of thiophene rings is 2. The molecule has 4 nitrogen and oxygen atoms in total. The first-order chi connectivity index (χ1) is 8.12. The van der Waals surface area contributed by atoms with Gasteiger partial charge in [-0.25, -0.2) is 13.1 Å². The van der Waals surface area contributed by atoms with E-state index in [1.807, 2.05) is 16.8 Å². The molecule has 0 saturated carbocycles. The zero-order valence-electron chi connectivity index (χ0n) is 8.79. The van der Waals surface area contributed by atoms with E-state index in [1.54, 1.807) is 6.07 Å². The summed E-state index contributed by atoms with van der Waals surface area (Å²) in [7, 11) is -3.46. The van der Waals surface area contributed by atoms with Crippen LogP contribution in [0.4, 0.5) is 0 Å². The molecule has 0 aliphatic heterocycles. The third-order valence-electron chi connectivity index (χ3n) is 2.10. The number of nitrogens with one attached hydrogen (secondary N) is 1. The van der Waals surface area contributed by atoms with Gasteiger partial charge >= 0.3 is 0 Å². The van der Waals surface area contributed by atoms with Crippen molar-refractivity contribution in [2.75, 3.05) is 0 Å². The predicted molar refractivity (Wildman–Crippen MR) is 68.6 cm³/mol. The van der Waals surface area contributed by atoms with E-state index in [4.69, 9.17) is 5.11 Å². The van der Waals surface area contributed by atoms with E-state index in [2.05, 4.69) is 4.72 Å². The lowest BCUT2D eigenvalue weighted by atomic mass is 10.4. The third-order valence-corrected chi connectivity index (χ3v) is 5.80. The molecule has 0 spiro atoms. The van der Waals surface area contributed by atoms with Crippen molar-refractivity contribution >= 4 is 32.7 Å². The van der Waals surface area contributed by atoms with Crippen molar-refractivity contribution in [3.63, 3.8) is 0 Å². The summed E-state index contributed by atoms with van der Waals surface area (Å²) < 4.78 is 26.5. The molecule has 0 radical (unpaired) electrons. The van der Waals surface area contributed by atoms with Crippen molar-refractivity contribution < 1.29 is 13.5 Å². The minimum absolute atomic E-state index is 0.134. The smallest absolute Gasteiger partial charge is 0.250 e. The SMILES string of the molecule is O=S(=O)(NCc1ccsc1)c1ccc(CO)s1. The van der Waals surface area contributed by atoms with Crippen molar-refractivity contribution in [1.29, 1.82) is 0 Å². The maximum atomic E-state index is 11.9. The predicted octanol–water partition coefficient (Wildman–Crippen LogP) is 1.78. The van der Waals surface area contributed by atoms with Gasteiger partial charge in [0.1, 0.15) is 4.21 Å². The quantitative estimate of drug-likeness (QED) is 0.881. The number of aliphatic hydroxyl groups excluding tert-OH is 1. The van der Waals surface area contributed by atoms with Crippen LogP contribution in [0.5, 0.6) is 0 Å². The molecule has 17 heavy (non-hydrogen) atoms. The summed E-state index contributed by atoms with van der Waals surface area (Å²) in [5, 5.41) is 12.7. The fourth-order valence-corrected chi connectivity index (χ4v) is 4.18. The van der Waals surface area contributed by atoms with Crippen LogP contribution >= 0.6 is 22.7 Å². The molecule has 0 atom stereocenters. The van der Waals surface area contributed by atoms with E-state index in [1.165, 1.54) is 17.4 Å². The van der Waals surface area contributed by atoms with Crippen molar-refractivity contribution in [2.24, 2.45) is 0 Å². The minimum atomic E-state index is -3.46. The molecule has 2 rings (SSSR count). The van der Waals surface area contributed by atoms with E-state index >= 15 is 0 Å². The average Bonchev–Trinajstić information content (AvgIpc) is 2.98. The van der Waals surface area contributed by atoms with Gasteiger partial charge in [0.25, 0.3) is 0 Å². The molecule has 0 bridgehead atoms. The summed E-state index contributed by atoms with van der Waals surface area (Å²) in [6.45, 7) is 0.156. The summed E-state index contributed by atoms with van der Waals surface area (Å²) in [5.41, 5.74) is 0.942. The number of aliphatic hydroxyl groups is 1. The van der Waals surface area contributed by atoms with Crippen LogP contribution in [-0.4, -0.2) is 13.5 Å². The highest BCUT2D eigenvalue weighted by molar-refractivity contribution is 7.91. The van der Waals surface area contributed by atoms with Crippen LogP contribution in [0.1, 0.15) is 10.4 Å². The van der Waals surface area contributed by atoms with E-state index in [0.29, 0.717) is 4.88 Å². The Kier molecular flexibility index (Phi) is 3.95. The Labute approximate surface area is 108 Å². The fraction of sp³-hybridized carbons (Fsp3) is 0.200. The molecule has 2 aromatic heterocycles. The maximum Gasteiger partial charge on any atom is 0.250 e. The minimum Gasteiger partial charge on any atom is -0.391 e. The second-order valence-electron chi connectivity index (χ2n) is 3.34. The summed E-state index contributed by atoms with van der Waals surface area (Å²) in [6, 6.07) is 5.00. The number of hydrogen-bond acceptors (Lipinski definition) is 5. The zero-order valence-corrected chi connectivity index (χ0v) is 11.2. The molecule has 0 aromatic carbocycles. The Morgan fingerprint density at radius 1 is 1.29 bits per heavy atom. The Morgan fingerprint density at radius 2 is 2.12 bits per heavy atom. The molecular weight excluding hydrogens is 278 g/mol. The van der Waals surface area contributed by atoms with E-state index in [-0.39, 0.29) is 17.4 Å². The summed E-state index contributed by atoms with van der Waals surface area (Å²) in [5.74, 6) is 0. The molecule has 2 N–H and O–H groups in total. The van der Waals surface area contributed by atoms with Crippen LogP contribution in [0.2, 0.25) is 0 Å². The summed E-state index contributed by atoms with van der Waals surface area (Å²) in [4.78, 5) is 0.640. The normalized spacial score (nSPS) is 11.8. The van der Waals surface area contributed by atoms with Crippen molar-refractivity contribution in [3.8, 4) is 0 Å². The van der Waals surface area contributed by atoms with Gasteiger partial charge in [-0.3, -0.25) is 0 Å². The van der Waals surface area contributed by atoms with E-state index < -0.39 is 10.0 Å². The van der Waals surface area contributed by atoms with Crippen LogP contribution in [0.3, 0.4) is 0 Å². The molecular formula is C10H11NO3S3. The molecule has 2 heterocycles. The Morgan fingerprint density at radius 3 is 2.71 bits per heavy atom. The fourth-order valence-electron chi connectivity index (χ4n) is 1.23. The third kappa shape index (κ3) is 3.14. The topological polar surface area (TPSA) is 66.4 Å². The highest BCUT2D eigenvalue weighted by Gasteiger charge is 2.16. The van der Waals surface area contributed by atoms with Gasteiger partial charge in [0, 0.05) is 11.4 Å². The first-order valence-electron chi connectivity index (χ1n) is 4.82. The van der Waals surface area contributed by atoms with E-state index in [9.17, 15) is 8.42 Å². The largest absolute Gasteiger partial charge is 0.391 e. The maximum absolute atomic E-state index is 11.9. The lowest BCUT2D eigenvalue weighted by Gasteiger charge is -2.02. The molecule has 0 aliphatic carbocycles. The van der Waals surface area contributed by atoms with Crippen LogP contribution in [0.25, 0.3) is 0 Å². The second-order valence-corrected chi connectivity index (χ2v) is 7.28. The summed E-state index contributed by atoms with van der Waals surface area (Å²) in [6.07, 6.45) is 0.